The highest BCUT2D eigenvalue weighted by molar-refractivity contribution is 5.41. The van der Waals surface area contributed by atoms with Crippen molar-refractivity contribution in [2.75, 3.05) is 0 Å². The number of alkyl halides is 6. The quantitative estimate of drug-likeness (QED) is 0.514. The number of aliphatic hydroxyl groups is 1. The Labute approximate surface area is 174 Å². The van der Waals surface area contributed by atoms with Crippen LogP contribution in [-0.4, -0.2) is 11.1 Å². The van der Waals surface area contributed by atoms with E-state index in [1.165, 1.54) is 0 Å². The summed E-state index contributed by atoms with van der Waals surface area (Å²) < 4.78 is 77.7. The van der Waals surface area contributed by atoms with E-state index < -0.39 is 35.1 Å². The molecule has 1 atom stereocenters. The molecule has 0 aromatic heterocycles. The molecule has 31 heavy (non-hydrogen) atoms. The molecule has 164 valence electrons. The third-order valence-corrected chi connectivity index (χ3v) is 5.14. The molecule has 0 aliphatic heterocycles. The lowest BCUT2D eigenvalue weighted by molar-refractivity contribution is -0.138. The zero-order valence-corrected chi connectivity index (χ0v) is 16.1. The minimum Gasteiger partial charge on any atom is -0.379 e. The predicted molar refractivity (Wildman–Crippen MR) is 104 cm³/mol. The summed E-state index contributed by atoms with van der Waals surface area (Å²) >= 11 is 0. The Balaban J connectivity index is 2.06. The van der Waals surface area contributed by atoms with E-state index in [0.29, 0.717) is 0 Å². The van der Waals surface area contributed by atoms with Crippen molar-refractivity contribution in [2.24, 2.45) is 5.73 Å². The lowest BCUT2D eigenvalue weighted by atomic mass is 9.78. The Morgan fingerprint density at radius 3 is 1.32 bits per heavy atom. The molecular weight excluding hydrogens is 420 g/mol. The molecule has 0 radical (unpaired) electrons. The van der Waals surface area contributed by atoms with Gasteiger partial charge in [0.1, 0.15) is 5.60 Å². The maximum Gasteiger partial charge on any atom is 0.416 e. The van der Waals surface area contributed by atoms with Gasteiger partial charge in [0.25, 0.3) is 0 Å². The highest BCUT2D eigenvalue weighted by atomic mass is 19.4. The summed E-state index contributed by atoms with van der Waals surface area (Å²) in [7, 11) is 0. The van der Waals surface area contributed by atoms with Gasteiger partial charge in [-0.25, -0.2) is 0 Å². The van der Waals surface area contributed by atoms with Gasteiger partial charge < -0.3 is 10.8 Å². The van der Waals surface area contributed by atoms with Gasteiger partial charge in [-0.1, -0.05) is 54.6 Å². The van der Waals surface area contributed by atoms with Crippen molar-refractivity contribution in [1.82, 2.24) is 0 Å². The molecule has 0 bridgehead atoms. The van der Waals surface area contributed by atoms with Crippen LogP contribution in [0.3, 0.4) is 0 Å². The Morgan fingerprint density at radius 1 is 0.613 bits per heavy atom. The SMILES string of the molecule is NC(Cc1ccccc1)C(O)(c1ccc(C(F)(F)F)cc1)c1ccc(C(F)(F)F)cc1. The summed E-state index contributed by atoms with van der Waals surface area (Å²) in [5.74, 6) is 0. The van der Waals surface area contributed by atoms with E-state index in [2.05, 4.69) is 0 Å². The van der Waals surface area contributed by atoms with Gasteiger partial charge in [-0.2, -0.15) is 26.3 Å². The normalized spacial score (nSPS) is 13.8. The molecule has 8 heteroatoms. The Morgan fingerprint density at radius 2 is 0.968 bits per heavy atom. The zero-order chi connectivity index (χ0) is 22.9. The highest BCUT2D eigenvalue weighted by Crippen LogP contribution is 2.38. The number of benzene rings is 3. The number of rotatable bonds is 5. The fourth-order valence-electron chi connectivity index (χ4n) is 3.44. The number of halogens is 6. The number of hydrogen-bond acceptors (Lipinski definition) is 2. The van der Waals surface area contributed by atoms with Crippen LogP contribution in [0.1, 0.15) is 27.8 Å². The van der Waals surface area contributed by atoms with E-state index in [1.54, 1.807) is 30.3 Å². The summed E-state index contributed by atoms with van der Waals surface area (Å²) in [6.45, 7) is 0. The fraction of sp³-hybridized carbons (Fsp3) is 0.217. The van der Waals surface area contributed by atoms with Gasteiger partial charge in [0.05, 0.1) is 11.1 Å². The first-order valence-electron chi connectivity index (χ1n) is 9.29. The van der Waals surface area contributed by atoms with Crippen molar-refractivity contribution >= 4 is 0 Å². The molecule has 0 aliphatic rings. The second-order valence-electron chi connectivity index (χ2n) is 7.21. The molecule has 0 saturated heterocycles. The highest BCUT2D eigenvalue weighted by Gasteiger charge is 2.40. The molecule has 3 N–H and O–H groups in total. The molecule has 0 spiro atoms. The number of hydrogen-bond donors (Lipinski definition) is 2. The van der Waals surface area contributed by atoms with Crippen molar-refractivity contribution in [3.8, 4) is 0 Å². The molecule has 0 saturated carbocycles. The standard InChI is InChI=1S/C23H19F6NO/c24-22(25,26)18-10-6-16(7-11-18)21(31,20(30)14-15-4-2-1-3-5-15)17-8-12-19(13-9-17)23(27,28)29/h1-13,20,31H,14,30H2. The molecule has 0 amide bonds. The van der Waals surface area contributed by atoms with Crippen molar-refractivity contribution in [3.63, 3.8) is 0 Å². The van der Waals surface area contributed by atoms with Crippen LogP contribution >= 0.6 is 0 Å². The second-order valence-corrected chi connectivity index (χ2v) is 7.21. The van der Waals surface area contributed by atoms with Crippen molar-refractivity contribution in [3.05, 3.63) is 107 Å². The maximum atomic E-state index is 12.9. The zero-order valence-electron chi connectivity index (χ0n) is 16.1. The largest absolute Gasteiger partial charge is 0.416 e. The summed E-state index contributed by atoms with van der Waals surface area (Å²) in [5.41, 5.74) is 3.30. The van der Waals surface area contributed by atoms with Gasteiger partial charge in [0.15, 0.2) is 0 Å². The molecule has 3 rings (SSSR count). The van der Waals surface area contributed by atoms with Crippen LogP contribution in [0.25, 0.3) is 0 Å². The Bertz CT molecular complexity index is 938. The van der Waals surface area contributed by atoms with Crippen LogP contribution in [0.15, 0.2) is 78.9 Å². The molecule has 1 unspecified atom stereocenters. The average Bonchev–Trinajstić information content (AvgIpc) is 2.73. The average molecular weight is 439 g/mol. The minimum absolute atomic E-state index is 0.0451. The topological polar surface area (TPSA) is 46.2 Å². The molecule has 0 heterocycles. The van der Waals surface area contributed by atoms with Crippen LogP contribution in [0.4, 0.5) is 26.3 Å². The van der Waals surface area contributed by atoms with Gasteiger partial charge in [0, 0.05) is 6.04 Å². The van der Waals surface area contributed by atoms with E-state index >= 15 is 0 Å². The lowest BCUT2D eigenvalue weighted by Gasteiger charge is -2.35. The first-order chi connectivity index (χ1) is 14.4. The van der Waals surface area contributed by atoms with Crippen molar-refractivity contribution < 1.29 is 31.4 Å². The van der Waals surface area contributed by atoms with Crippen LogP contribution in [-0.2, 0) is 24.4 Å². The fourth-order valence-corrected chi connectivity index (χ4v) is 3.44. The predicted octanol–water partition coefficient (Wildman–Crippen LogP) is 5.53. The summed E-state index contributed by atoms with van der Waals surface area (Å²) in [4.78, 5) is 0. The maximum absolute atomic E-state index is 12.9. The third kappa shape index (κ3) is 4.91. The monoisotopic (exact) mass is 439 g/mol. The van der Waals surface area contributed by atoms with Crippen molar-refractivity contribution in [2.45, 2.75) is 30.4 Å². The minimum atomic E-state index is -4.57. The van der Waals surface area contributed by atoms with Crippen LogP contribution in [0.5, 0.6) is 0 Å². The molecule has 0 fully saturated rings. The van der Waals surface area contributed by atoms with Gasteiger partial charge >= 0.3 is 12.4 Å². The second kappa shape index (κ2) is 8.36. The first kappa shape index (κ1) is 22.8. The van der Waals surface area contributed by atoms with Crippen LogP contribution in [0, 0.1) is 0 Å². The molecule has 3 aromatic rings. The lowest BCUT2D eigenvalue weighted by Crippen LogP contribution is -2.47. The van der Waals surface area contributed by atoms with Crippen LogP contribution < -0.4 is 5.73 Å². The van der Waals surface area contributed by atoms with E-state index in [-0.39, 0.29) is 17.5 Å². The molecular formula is C23H19F6NO. The van der Waals surface area contributed by atoms with Crippen LogP contribution in [0.2, 0.25) is 0 Å². The van der Waals surface area contributed by atoms with Gasteiger partial charge in [-0.05, 0) is 47.4 Å². The van der Waals surface area contributed by atoms with E-state index in [1.807, 2.05) is 0 Å². The molecule has 3 aromatic carbocycles. The number of nitrogens with two attached hydrogens (primary N) is 1. The van der Waals surface area contributed by atoms with Gasteiger partial charge in [-0.15, -0.1) is 0 Å². The molecule has 2 nitrogen and oxygen atoms in total. The smallest absolute Gasteiger partial charge is 0.379 e. The Hall–Kier alpha value is -2.84. The van der Waals surface area contributed by atoms with E-state index in [0.717, 1.165) is 54.1 Å². The molecule has 0 aliphatic carbocycles. The summed E-state index contributed by atoms with van der Waals surface area (Å²) in [5, 5.41) is 11.6. The summed E-state index contributed by atoms with van der Waals surface area (Å²) in [6, 6.07) is 15.4. The van der Waals surface area contributed by atoms with Gasteiger partial charge in [-0.3, -0.25) is 0 Å². The third-order valence-electron chi connectivity index (χ3n) is 5.14. The first-order valence-corrected chi connectivity index (χ1v) is 9.29. The van der Waals surface area contributed by atoms with E-state index in [4.69, 9.17) is 5.73 Å². The summed E-state index contributed by atoms with van der Waals surface area (Å²) in [6.07, 6.45) is -9.01. The van der Waals surface area contributed by atoms with Gasteiger partial charge in [0.2, 0.25) is 0 Å². The van der Waals surface area contributed by atoms with E-state index in [9.17, 15) is 31.4 Å². The Kier molecular flexibility index (Phi) is 6.16. The van der Waals surface area contributed by atoms with Crippen molar-refractivity contribution in [1.29, 1.82) is 0 Å².